The predicted octanol–water partition coefficient (Wildman–Crippen LogP) is -3.10. The van der Waals surface area contributed by atoms with Crippen LogP contribution in [0.15, 0.2) is 12.8 Å². The van der Waals surface area contributed by atoms with Gasteiger partial charge in [-0.3, -0.25) is 24.0 Å². The Balaban J connectivity index is 7.83. The Kier molecular flexibility index (Phi) is 7.86. The fraction of sp³-hybridized carbons (Fsp3) is 0.556. The molecule has 0 fully saturated rings. The van der Waals surface area contributed by atoms with Gasteiger partial charge in [0.1, 0.15) is 0 Å². The highest BCUT2D eigenvalue weighted by molar-refractivity contribution is 6.17. The van der Waals surface area contributed by atoms with Crippen molar-refractivity contribution in [2.75, 3.05) is 0 Å². The molecule has 0 aliphatic carbocycles. The van der Waals surface area contributed by atoms with Crippen molar-refractivity contribution in [1.82, 2.24) is 0 Å². The summed E-state index contributed by atoms with van der Waals surface area (Å²) in [6, 6.07) is 0. The number of esters is 1. The zero-order valence-electron chi connectivity index (χ0n) is 17.0. The van der Waals surface area contributed by atoms with E-state index in [-0.39, 0.29) is 0 Å². The highest BCUT2D eigenvalue weighted by Gasteiger charge is 2.81. The third-order valence-electron chi connectivity index (χ3n) is 4.93. The number of aliphatic hydroxyl groups is 5. The Morgan fingerprint density at radius 1 is 0.767 bits per heavy atom. The number of rotatable bonds is 11. The van der Waals surface area contributed by atoms with Crippen molar-refractivity contribution in [3.8, 4) is 0 Å². The molecular weight excluding hydrogens is 408 g/mol. The largest absolute Gasteiger partial charge is 0.433 e. The second kappa shape index (κ2) is 8.62. The van der Waals surface area contributed by atoms with Gasteiger partial charge < -0.3 is 30.3 Å². The van der Waals surface area contributed by atoms with E-state index in [0.29, 0.717) is 40.9 Å². The van der Waals surface area contributed by atoms with E-state index < -0.39 is 63.4 Å². The molecule has 12 nitrogen and oxygen atoms in total. The van der Waals surface area contributed by atoms with Gasteiger partial charge >= 0.3 is 5.97 Å². The first-order valence-electron chi connectivity index (χ1n) is 8.30. The SMILES string of the molecule is C=COC(=O)[C@@](O)(C(C)=O)[C@](O)(C(C)=O)[C@@](O)(C(C)=O)[C@@](O)(C(C)=O)C(O)C(C)=O. The van der Waals surface area contributed by atoms with E-state index in [0.717, 1.165) is 0 Å². The second-order valence-electron chi connectivity index (χ2n) is 6.71. The molecule has 1 unspecified atom stereocenters. The number of Topliss-reactive ketones (excluding diaryl/α,β-unsaturated/α-hetero) is 5. The van der Waals surface area contributed by atoms with Crippen molar-refractivity contribution in [2.24, 2.45) is 0 Å². The van der Waals surface area contributed by atoms with Crippen molar-refractivity contribution in [3.63, 3.8) is 0 Å². The third-order valence-corrected chi connectivity index (χ3v) is 4.93. The molecule has 0 aromatic carbocycles. The number of hydrogen-bond donors (Lipinski definition) is 5. The van der Waals surface area contributed by atoms with Crippen LogP contribution in [0.25, 0.3) is 0 Å². The van der Waals surface area contributed by atoms with Crippen LogP contribution in [-0.2, 0) is 33.5 Å². The Morgan fingerprint density at radius 3 is 1.40 bits per heavy atom. The summed E-state index contributed by atoms with van der Waals surface area (Å²) in [5.41, 5.74) is -16.7. The van der Waals surface area contributed by atoms with Crippen molar-refractivity contribution in [2.45, 2.75) is 63.1 Å². The summed E-state index contributed by atoms with van der Waals surface area (Å²) in [4.78, 5) is 73.3. The highest BCUT2D eigenvalue weighted by atomic mass is 16.6. The van der Waals surface area contributed by atoms with Crippen molar-refractivity contribution in [1.29, 1.82) is 0 Å². The minimum atomic E-state index is -4.32. The topological polar surface area (TPSA) is 213 Å². The monoisotopic (exact) mass is 432 g/mol. The lowest BCUT2D eigenvalue weighted by Crippen LogP contribution is -2.87. The molecule has 0 rings (SSSR count). The van der Waals surface area contributed by atoms with Crippen molar-refractivity contribution >= 4 is 34.9 Å². The standard InChI is InChI=1S/C18H24O12/c1-7-30-14(25)16(27,10(4)21)18(29,12(6)23)17(28,11(5)22)15(26,9(3)20)13(24)8(2)19/h7,13,24,26-29H,1H2,2-6H3/t13?,15-,16+,17-,18-/m1/s1. The molecule has 30 heavy (non-hydrogen) atoms. The lowest BCUT2D eigenvalue weighted by atomic mass is 9.56. The molecule has 12 heteroatoms. The van der Waals surface area contributed by atoms with Crippen LogP contribution in [0.2, 0.25) is 0 Å². The normalized spacial score (nSPS) is 20.2. The van der Waals surface area contributed by atoms with Gasteiger partial charge in [0, 0.05) is 0 Å². The van der Waals surface area contributed by atoms with E-state index in [2.05, 4.69) is 11.3 Å². The first kappa shape index (κ1) is 27.4. The van der Waals surface area contributed by atoms with Crippen LogP contribution in [0.3, 0.4) is 0 Å². The molecule has 5 atom stereocenters. The molecule has 0 heterocycles. The van der Waals surface area contributed by atoms with E-state index in [1.165, 1.54) is 0 Å². The summed E-state index contributed by atoms with van der Waals surface area (Å²) in [5.74, 6) is -10.8. The molecule has 5 N–H and O–H groups in total. The smallest absolute Gasteiger partial charge is 0.354 e. The number of hydrogen-bond acceptors (Lipinski definition) is 12. The fourth-order valence-corrected chi connectivity index (χ4v) is 3.22. The van der Waals surface area contributed by atoms with Gasteiger partial charge in [0.25, 0.3) is 5.60 Å². The van der Waals surface area contributed by atoms with Crippen molar-refractivity contribution in [3.05, 3.63) is 12.8 Å². The van der Waals surface area contributed by atoms with Gasteiger partial charge in [0.05, 0.1) is 6.26 Å². The van der Waals surface area contributed by atoms with Gasteiger partial charge in [-0.2, -0.15) is 0 Å². The molecule has 0 aliphatic rings. The zero-order valence-corrected chi connectivity index (χ0v) is 17.0. The van der Waals surface area contributed by atoms with Crippen LogP contribution < -0.4 is 0 Å². The molecule has 0 spiro atoms. The summed E-state index contributed by atoms with van der Waals surface area (Å²) in [5, 5.41) is 54.0. The van der Waals surface area contributed by atoms with Gasteiger partial charge in [-0.05, 0) is 34.6 Å². The van der Waals surface area contributed by atoms with Gasteiger partial charge in [-0.25, -0.2) is 4.79 Å². The minimum absolute atomic E-state index is 0.366. The van der Waals surface area contributed by atoms with Gasteiger partial charge in [-0.1, -0.05) is 6.58 Å². The van der Waals surface area contributed by atoms with E-state index in [4.69, 9.17) is 0 Å². The molecule has 168 valence electrons. The Bertz CT molecular complexity index is 816. The average molecular weight is 432 g/mol. The quantitative estimate of drug-likeness (QED) is 0.125. The zero-order chi connectivity index (χ0) is 24.5. The highest BCUT2D eigenvalue weighted by Crippen LogP contribution is 2.45. The summed E-state index contributed by atoms with van der Waals surface area (Å²) in [6.45, 7) is 5.31. The first-order valence-corrected chi connectivity index (χ1v) is 8.30. The molecule has 0 aliphatic heterocycles. The van der Waals surface area contributed by atoms with Gasteiger partial charge in [0.2, 0.25) is 11.2 Å². The Morgan fingerprint density at radius 2 is 1.17 bits per heavy atom. The van der Waals surface area contributed by atoms with E-state index >= 15 is 0 Å². The number of ketones is 5. The summed E-state index contributed by atoms with van der Waals surface area (Å²) < 4.78 is 4.24. The van der Waals surface area contributed by atoms with E-state index in [9.17, 15) is 54.3 Å². The average Bonchev–Trinajstić information content (AvgIpc) is 2.63. The molecular formula is C18H24O12. The maximum atomic E-state index is 12.5. The maximum Gasteiger partial charge on any atom is 0.354 e. The van der Waals surface area contributed by atoms with E-state index in [1.54, 1.807) is 0 Å². The summed E-state index contributed by atoms with van der Waals surface area (Å²) in [7, 11) is 0. The third kappa shape index (κ3) is 3.32. The fourth-order valence-electron chi connectivity index (χ4n) is 3.22. The van der Waals surface area contributed by atoms with Crippen LogP contribution in [0.4, 0.5) is 0 Å². The Labute approximate surface area is 170 Å². The lowest BCUT2D eigenvalue weighted by molar-refractivity contribution is -0.275. The van der Waals surface area contributed by atoms with Crippen LogP contribution in [0.5, 0.6) is 0 Å². The van der Waals surface area contributed by atoms with E-state index in [1.807, 2.05) is 0 Å². The molecule has 0 radical (unpaired) electrons. The van der Waals surface area contributed by atoms with Gasteiger partial charge in [0.15, 0.2) is 40.6 Å². The van der Waals surface area contributed by atoms with Crippen LogP contribution in [0.1, 0.15) is 34.6 Å². The van der Waals surface area contributed by atoms with Crippen LogP contribution in [0, 0.1) is 0 Å². The summed E-state index contributed by atoms with van der Waals surface area (Å²) in [6.07, 6.45) is -2.58. The van der Waals surface area contributed by atoms with Crippen molar-refractivity contribution < 1.29 is 59.0 Å². The predicted molar refractivity (Wildman–Crippen MR) is 95.5 cm³/mol. The number of carbonyl (C=O) groups is 6. The first-order chi connectivity index (χ1) is 13.4. The van der Waals surface area contributed by atoms with Crippen LogP contribution in [-0.4, -0.2) is 88.9 Å². The molecule has 0 saturated heterocycles. The molecule has 0 aromatic heterocycles. The molecule has 0 bridgehead atoms. The van der Waals surface area contributed by atoms with Crippen LogP contribution >= 0.6 is 0 Å². The Hall–Kier alpha value is -2.64. The summed E-state index contributed by atoms with van der Waals surface area (Å²) >= 11 is 0. The number of ether oxygens (including phenoxy) is 1. The molecule has 0 saturated carbocycles. The number of carbonyl (C=O) groups excluding carboxylic acids is 6. The number of aliphatic hydroxyl groups excluding tert-OH is 1. The molecule has 0 aromatic rings. The second-order valence-corrected chi connectivity index (χ2v) is 6.71. The molecule has 0 amide bonds. The maximum absolute atomic E-state index is 12.5. The van der Waals surface area contributed by atoms with Gasteiger partial charge in [-0.15, -0.1) is 0 Å². The lowest BCUT2D eigenvalue weighted by Gasteiger charge is -2.53. The minimum Gasteiger partial charge on any atom is -0.433 e.